The van der Waals surface area contributed by atoms with Crippen molar-refractivity contribution in [2.75, 3.05) is 18.0 Å². The molecule has 0 atom stereocenters. The molecule has 40 heavy (non-hydrogen) atoms. The maximum Gasteiger partial charge on any atom is 0.268 e. The maximum atomic E-state index is 13.3. The molecule has 0 aliphatic carbocycles. The number of aryl methyl sites for hydroxylation is 1. The van der Waals surface area contributed by atoms with Crippen LogP contribution in [-0.2, 0) is 22.9 Å². The number of carbonyl (C=O) groups excluding carboxylic acids is 1. The number of sulfonamides is 1. The second-order valence-electron chi connectivity index (χ2n) is 10.2. The van der Waals surface area contributed by atoms with Crippen LogP contribution in [0.3, 0.4) is 0 Å². The summed E-state index contributed by atoms with van der Waals surface area (Å²) >= 11 is 6.20. The zero-order valence-corrected chi connectivity index (χ0v) is 23.8. The van der Waals surface area contributed by atoms with Crippen molar-refractivity contribution in [2.45, 2.75) is 37.5 Å². The molecule has 0 bridgehead atoms. The van der Waals surface area contributed by atoms with Gasteiger partial charge in [-0.2, -0.15) is 0 Å². The van der Waals surface area contributed by atoms with Gasteiger partial charge in [0, 0.05) is 30.7 Å². The van der Waals surface area contributed by atoms with Crippen molar-refractivity contribution in [1.29, 1.82) is 0 Å². The van der Waals surface area contributed by atoms with E-state index in [1.165, 1.54) is 23.9 Å². The summed E-state index contributed by atoms with van der Waals surface area (Å²) in [4.78, 5) is 24.7. The first-order valence-electron chi connectivity index (χ1n) is 13.3. The molecule has 1 N–H and O–H groups in total. The Morgan fingerprint density at radius 2 is 1.68 bits per heavy atom. The Balaban J connectivity index is 1.37. The van der Waals surface area contributed by atoms with Crippen LogP contribution in [0, 0.1) is 12.8 Å². The van der Waals surface area contributed by atoms with Gasteiger partial charge in [-0.15, -0.1) is 0 Å². The largest absolute Gasteiger partial charge is 0.341 e. The molecule has 1 saturated heterocycles. The van der Waals surface area contributed by atoms with Crippen LogP contribution in [0.2, 0.25) is 5.02 Å². The first-order valence-corrected chi connectivity index (χ1v) is 15.2. The van der Waals surface area contributed by atoms with E-state index in [9.17, 15) is 13.2 Å². The molecule has 7 nitrogen and oxygen atoms in total. The van der Waals surface area contributed by atoms with Gasteiger partial charge in [0.05, 0.1) is 16.2 Å². The number of halogens is 1. The van der Waals surface area contributed by atoms with E-state index in [1.807, 2.05) is 31.2 Å². The number of hydrogen-bond donors (Lipinski definition) is 1. The minimum atomic E-state index is -4.07. The number of amides is 1. The van der Waals surface area contributed by atoms with E-state index in [0.29, 0.717) is 29.0 Å². The summed E-state index contributed by atoms with van der Waals surface area (Å²) in [6.45, 7) is 3.48. The lowest BCUT2D eigenvalue weighted by molar-refractivity contribution is 0.0980. The van der Waals surface area contributed by atoms with E-state index >= 15 is 0 Å². The molecule has 1 aromatic heterocycles. The van der Waals surface area contributed by atoms with Crippen LogP contribution in [-0.4, -0.2) is 37.4 Å². The first kappa shape index (κ1) is 27.8. The standard InChI is InChI=1S/C31H31ClN4O3S/c1-22-10-12-27(13-11-22)40(38,39)35-30(37)28-21-33-31(34-29(28)20-25-8-5-9-26(32)19-25)36-16-14-24(15-17-36)18-23-6-3-2-4-7-23/h2-13,19,21,24H,14-18,20H2,1H3,(H,35,37). The fourth-order valence-corrected chi connectivity index (χ4v) is 6.14. The van der Waals surface area contributed by atoms with E-state index in [-0.39, 0.29) is 10.5 Å². The van der Waals surface area contributed by atoms with Crippen LogP contribution >= 0.6 is 11.6 Å². The van der Waals surface area contributed by atoms with Crippen molar-refractivity contribution in [3.8, 4) is 0 Å². The second-order valence-corrected chi connectivity index (χ2v) is 12.3. The summed E-state index contributed by atoms with van der Waals surface area (Å²) in [5.41, 5.74) is 3.67. The van der Waals surface area contributed by atoms with Gasteiger partial charge in [0.1, 0.15) is 0 Å². The number of anilines is 1. The predicted octanol–water partition coefficient (Wildman–Crippen LogP) is 5.61. The van der Waals surface area contributed by atoms with Crippen LogP contribution in [0.4, 0.5) is 5.95 Å². The Labute approximate surface area is 240 Å². The fourth-order valence-electron chi connectivity index (χ4n) is 4.96. The molecule has 3 aromatic carbocycles. The van der Waals surface area contributed by atoms with E-state index in [1.54, 1.807) is 18.2 Å². The summed E-state index contributed by atoms with van der Waals surface area (Å²) in [6, 6.07) is 24.1. The Hall–Kier alpha value is -3.75. The summed E-state index contributed by atoms with van der Waals surface area (Å²) in [5.74, 6) is 0.348. The second kappa shape index (κ2) is 12.2. The zero-order chi connectivity index (χ0) is 28.1. The molecule has 0 saturated carbocycles. The number of aromatic nitrogens is 2. The number of rotatable bonds is 8. The van der Waals surface area contributed by atoms with Crippen molar-refractivity contribution in [1.82, 2.24) is 14.7 Å². The Morgan fingerprint density at radius 1 is 0.975 bits per heavy atom. The monoisotopic (exact) mass is 574 g/mol. The maximum absolute atomic E-state index is 13.3. The number of piperidine rings is 1. The topological polar surface area (TPSA) is 92.3 Å². The summed E-state index contributed by atoms with van der Waals surface area (Å²) in [7, 11) is -4.07. The molecular weight excluding hydrogens is 544 g/mol. The molecular formula is C31H31ClN4O3S. The predicted molar refractivity (Wildman–Crippen MR) is 157 cm³/mol. The highest BCUT2D eigenvalue weighted by Gasteiger charge is 2.25. The van der Waals surface area contributed by atoms with E-state index in [4.69, 9.17) is 16.6 Å². The SMILES string of the molecule is Cc1ccc(S(=O)(=O)NC(=O)c2cnc(N3CCC(Cc4ccccc4)CC3)nc2Cc2cccc(Cl)c2)cc1. The minimum absolute atomic E-state index is 0.0127. The first-order chi connectivity index (χ1) is 19.3. The zero-order valence-electron chi connectivity index (χ0n) is 22.3. The van der Waals surface area contributed by atoms with E-state index in [2.05, 4.69) is 38.9 Å². The third-order valence-corrected chi connectivity index (χ3v) is 8.77. The fraction of sp³-hybridized carbons (Fsp3) is 0.258. The van der Waals surface area contributed by atoms with Crippen LogP contribution in [0.25, 0.3) is 0 Å². The minimum Gasteiger partial charge on any atom is -0.341 e. The van der Waals surface area contributed by atoms with E-state index < -0.39 is 15.9 Å². The molecule has 9 heteroatoms. The van der Waals surface area contributed by atoms with Gasteiger partial charge in [-0.05, 0) is 67.5 Å². The number of nitrogens with zero attached hydrogens (tertiary/aromatic N) is 3. The average Bonchev–Trinajstić information content (AvgIpc) is 2.94. The van der Waals surface area contributed by atoms with Crippen molar-refractivity contribution in [2.24, 2.45) is 5.92 Å². The normalized spacial score (nSPS) is 14.2. The highest BCUT2D eigenvalue weighted by Crippen LogP contribution is 2.25. The summed E-state index contributed by atoms with van der Waals surface area (Å²) < 4.78 is 28.0. The quantitative estimate of drug-likeness (QED) is 0.294. The Kier molecular flexibility index (Phi) is 8.47. The number of benzene rings is 3. The van der Waals surface area contributed by atoms with Crippen molar-refractivity contribution >= 4 is 33.5 Å². The average molecular weight is 575 g/mol. The molecule has 0 unspecified atom stereocenters. The number of nitrogens with one attached hydrogen (secondary N) is 1. The Bertz CT molecular complexity index is 1590. The van der Waals surface area contributed by atoms with Crippen molar-refractivity contribution in [3.05, 3.63) is 118 Å². The summed E-state index contributed by atoms with van der Waals surface area (Å²) in [6.07, 6.45) is 4.80. The van der Waals surface area contributed by atoms with Crippen molar-refractivity contribution < 1.29 is 13.2 Å². The van der Waals surface area contributed by atoms with Crippen LogP contribution in [0.15, 0.2) is 90.0 Å². The van der Waals surface area contributed by atoms with Gasteiger partial charge in [-0.25, -0.2) is 23.1 Å². The van der Waals surface area contributed by atoms with Gasteiger partial charge in [0.2, 0.25) is 5.95 Å². The molecule has 1 amide bonds. The van der Waals surface area contributed by atoms with Gasteiger partial charge in [0.15, 0.2) is 0 Å². The van der Waals surface area contributed by atoms with E-state index in [0.717, 1.165) is 43.5 Å². The molecule has 1 aliphatic heterocycles. The van der Waals surface area contributed by atoms with Gasteiger partial charge < -0.3 is 4.90 Å². The summed E-state index contributed by atoms with van der Waals surface area (Å²) in [5, 5.41) is 0.570. The van der Waals surface area contributed by atoms with Crippen LogP contribution in [0.1, 0.15) is 45.6 Å². The third-order valence-electron chi connectivity index (χ3n) is 7.18. The lowest BCUT2D eigenvalue weighted by Gasteiger charge is -2.32. The molecule has 1 aliphatic rings. The third kappa shape index (κ3) is 6.87. The Morgan fingerprint density at radius 3 is 2.38 bits per heavy atom. The highest BCUT2D eigenvalue weighted by molar-refractivity contribution is 7.90. The molecule has 206 valence electrons. The van der Waals surface area contributed by atoms with Gasteiger partial charge in [0.25, 0.3) is 15.9 Å². The molecule has 5 rings (SSSR count). The molecule has 2 heterocycles. The highest BCUT2D eigenvalue weighted by atomic mass is 35.5. The molecule has 4 aromatic rings. The van der Waals surface area contributed by atoms with Gasteiger partial charge in [-0.1, -0.05) is 71.8 Å². The van der Waals surface area contributed by atoms with Crippen LogP contribution in [0.5, 0.6) is 0 Å². The molecule has 0 spiro atoms. The number of hydrogen-bond acceptors (Lipinski definition) is 6. The van der Waals surface area contributed by atoms with Gasteiger partial charge in [-0.3, -0.25) is 4.79 Å². The molecule has 0 radical (unpaired) electrons. The van der Waals surface area contributed by atoms with Crippen LogP contribution < -0.4 is 9.62 Å². The molecule has 1 fully saturated rings. The lowest BCUT2D eigenvalue weighted by atomic mass is 9.90. The van der Waals surface area contributed by atoms with Gasteiger partial charge >= 0.3 is 0 Å². The smallest absolute Gasteiger partial charge is 0.268 e. The van der Waals surface area contributed by atoms with Crippen molar-refractivity contribution in [3.63, 3.8) is 0 Å². The lowest BCUT2D eigenvalue weighted by Crippen LogP contribution is -2.36. The number of carbonyl (C=O) groups is 1.